The fourth-order valence-corrected chi connectivity index (χ4v) is 1.38. The quantitative estimate of drug-likeness (QED) is 0.547. The summed E-state index contributed by atoms with van der Waals surface area (Å²) in [5.41, 5.74) is 0.0512. The number of Topliss-reactive ketones (excluding diaryl/α,β-unsaturated/α-hetero) is 1. The van der Waals surface area contributed by atoms with Gasteiger partial charge in [0.2, 0.25) is 0 Å². The van der Waals surface area contributed by atoms with Gasteiger partial charge in [-0.15, -0.1) is 0 Å². The molecule has 0 aliphatic carbocycles. The molecule has 0 rings (SSSR count). The van der Waals surface area contributed by atoms with E-state index in [1.165, 1.54) is 6.08 Å². The number of aliphatic hydroxyl groups is 1. The highest BCUT2D eigenvalue weighted by atomic mass is 16.3. The Labute approximate surface area is 103 Å². The van der Waals surface area contributed by atoms with Crippen LogP contribution in [0.4, 0.5) is 0 Å². The van der Waals surface area contributed by atoms with Crippen molar-refractivity contribution >= 4 is 11.6 Å². The van der Waals surface area contributed by atoms with Crippen LogP contribution in [0.3, 0.4) is 0 Å². The summed E-state index contributed by atoms with van der Waals surface area (Å²) in [4.78, 5) is 23.2. The van der Waals surface area contributed by atoms with Crippen LogP contribution in [0.25, 0.3) is 0 Å². The van der Waals surface area contributed by atoms with Crippen molar-refractivity contribution in [2.75, 3.05) is 0 Å². The van der Waals surface area contributed by atoms with Crippen molar-refractivity contribution in [3.05, 3.63) is 24.3 Å². The van der Waals surface area contributed by atoms with Gasteiger partial charge in [0.05, 0.1) is 0 Å². The summed E-state index contributed by atoms with van der Waals surface area (Å²) < 4.78 is 0. The van der Waals surface area contributed by atoms with Gasteiger partial charge in [-0.05, 0) is 19.4 Å². The third kappa shape index (κ3) is 5.59. The van der Waals surface area contributed by atoms with E-state index in [0.29, 0.717) is 0 Å². The zero-order valence-electron chi connectivity index (χ0n) is 11.1. The lowest BCUT2D eigenvalue weighted by molar-refractivity contribution is -0.131. The van der Waals surface area contributed by atoms with Crippen LogP contribution in [0, 0.1) is 5.41 Å². The number of aliphatic hydroxyl groups excluding tert-OH is 1. The van der Waals surface area contributed by atoms with Crippen molar-refractivity contribution in [1.29, 1.82) is 0 Å². The second-order valence-corrected chi connectivity index (χ2v) is 4.97. The Morgan fingerprint density at radius 1 is 1.35 bits per heavy atom. The summed E-state index contributed by atoms with van der Waals surface area (Å²) in [5.74, 6) is -0.335. The van der Waals surface area contributed by atoms with Crippen molar-refractivity contribution < 1.29 is 14.7 Å². The van der Waals surface area contributed by atoms with Gasteiger partial charge in [0.15, 0.2) is 11.6 Å². The van der Waals surface area contributed by atoms with E-state index in [2.05, 4.69) is 6.58 Å². The molecular weight excluding hydrogens is 216 g/mol. The molecule has 17 heavy (non-hydrogen) atoms. The number of allylic oxidation sites excluding steroid dienone is 3. The van der Waals surface area contributed by atoms with Crippen molar-refractivity contribution in [2.45, 2.75) is 46.6 Å². The number of carbonyl (C=O) groups excluding carboxylic acids is 2. The maximum atomic E-state index is 11.9. The molecule has 0 amide bonds. The Morgan fingerprint density at radius 2 is 1.88 bits per heavy atom. The first-order chi connectivity index (χ1) is 7.70. The summed E-state index contributed by atoms with van der Waals surface area (Å²) >= 11 is 0. The maximum absolute atomic E-state index is 11.9. The van der Waals surface area contributed by atoms with Gasteiger partial charge >= 0.3 is 0 Å². The van der Waals surface area contributed by atoms with Gasteiger partial charge in [-0.25, -0.2) is 0 Å². The second kappa shape index (κ2) is 6.50. The van der Waals surface area contributed by atoms with Gasteiger partial charge in [0, 0.05) is 11.8 Å². The minimum atomic E-state index is -1.06. The molecule has 0 heterocycles. The summed E-state index contributed by atoms with van der Waals surface area (Å²) in [6.45, 7) is 10.6. The van der Waals surface area contributed by atoms with Crippen LogP contribution < -0.4 is 0 Å². The molecule has 0 radical (unpaired) electrons. The molecule has 0 spiro atoms. The summed E-state index contributed by atoms with van der Waals surface area (Å²) in [7, 11) is 0. The molecule has 0 aromatic heterocycles. The van der Waals surface area contributed by atoms with Crippen molar-refractivity contribution in [1.82, 2.24) is 0 Å². The highest BCUT2D eigenvalue weighted by Crippen LogP contribution is 2.25. The monoisotopic (exact) mass is 238 g/mol. The molecule has 1 N–H and O–H groups in total. The number of carbonyl (C=O) groups is 2. The summed E-state index contributed by atoms with van der Waals surface area (Å²) in [6, 6.07) is 0. The van der Waals surface area contributed by atoms with Crippen LogP contribution in [0.1, 0.15) is 40.5 Å². The van der Waals surface area contributed by atoms with Crippen molar-refractivity contribution in [3.63, 3.8) is 0 Å². The summed E-state index contributed by atoms with van der Waals surface area (Å²) in [6.07, 6.45) is 2.47. The molecule has 1 atom stereocenters. The van der Waals surface area contributed by atoms with Gasteiger partial charge in [0.1, 0.15) is 6.10 Å². The third-order valence-electron chi connectivity index (χ3n) is 2.61. The molecule has 1 unspecified atom stereocenters. The number of ketones is 2. The first-order valence-electron chi connectivity index (χ1n) is 5.79. The molecule has 0 fully saturated rings. The Balaban J connectivity index is 4.62. The average Bonchev–Trinajstić information content (AvgIpc) is 2.23. The lowest BCUT2D eigenvalue weighted by Gasteiger charge is -2.23. The highest BCUT2D eigenvalue weighted by molar-refractivity contribution is 5.95. The Morgan fingerprint density at radius 3 is 2.29 bits per heavy atom. The molecule has 0 aliphatic rings. The van der Waals surface area contributed by atoms with Gasteiger partial charge in [-0.3, -0.25) is 9.59 Å². The first kappa shape index (κ1) is 15.8. The van der Waals surface area contributed by atoms with Gasteiger partial charge in [0.25, 0.3) is 0 Å². The van der Waals surface area contributed by atoms with E-state index in [0.717, 1.165) is 5.57 Å². The van der Waals surface area contributed by atoms with E-state index in [-0.39, 0.29) is 24.4 Å². The molecule has 0 aromatic rings. The van der Waals surface area contributed by atoms with Crippen LogP contribution in [0.5, 0.6) is 0 Å². The number of hydrogen-bond donors (Lipinski definition) is 1. The lowest BCUT2D eigenvalue weighted by atomic mass is 9.81. The predicted molar refractivity (Wildman–Crippen MR) is 68.7 cm³/mol. The molecule has 96 valence electrons. The van der Waals surface area contributed by atoms with Crippen LogP contribution in [0.2, 0.25) is 0 Å². The molecule has 3 heteroatoms. The van der Waals surface area contributed by atoms with Crippen molar-refractivity contribution in [3.8, 4) is 0 Å². The maximum Gasteiger partial charge on any atom is 0.161 e. The predicted octanol–water partition coefficient (Wildman–Crippen LogP) is 2.44. The standard InChI is InChI=1S/C14H22O3/c1-6-11(15)12(16)9-14(4,5)13(17)8-7-10(2)3/h7-8,12,16H,2,6,9H2,1,3-5H3/b8-7+. The minimum Gasteiger partial charge on any atom is -0.385 e. The van der Waals surface area contributed by atoms with Crippen LogP contribution in [-0.4, -0.2) is 22.8 Å². The lowest BCUT2D eigenvalue weighted by Crippen LogP contribution is -2.32. The fourth-order valence-electron chi connectivity index (χ4n) is 1.38. The molecule has 0 aliphatic heterocycles. The van der Waals surface area contributed by atoms with Crippen LogP contribution in [0.15, 0.2) is 24.3 Å². The summed E-state index contributed by atoms with van der Waals surface area (Å²) in [5, 5.41) is 9.64. The number of hydrogen-bond acceptors (Lipinski definition) is 3. The Kier molecular flexibility index (Phi) is 6.03. The van der Waals surface area contributed by atoms with Crippen LogP contribution in [-0.2, 0) is 9.59 Å². The van der Waals surface area contributed by atoms with Crippen LogP contribution >= 0.6 is 0 Å². The highest BCUT2D eigenvalue weighted by Gasteiger charge is 2.30. The number of rotatable bonds is 7. The SMILES string of the molecule is C=C(C)/C=C/C(=O)C(C)(C)CC(O)C(=O)CC. The zero-order chi connectivity index (χ0) is 13.6. The Hall–Kier alpha value is -1.22. The third-order valence-corrected chi connectivity index (χ3v) is 2.61. The first-order valence-corrected chi connectivity index (χ1v) is 5.79. The minimum absolute atomic E-state index is 0.108. The largest absolute Gasteiger partial charge is 0.385 e. The average molecular weight is 238 g/mol. The van der Waals surface area contributed by atoms with E-state index in [1.54, 1.807) is 33.8 Å². The fraction of sp³-hybridized carbons (Fsp3) is 0.571. The smallest absolute Gasteiger partial charge is 0.161 e. The topological polar surface area (TPSA) is 54.4 Å². The molecular formula is C14H22O3. The van der Waals surface area contributed by atoms with E-state index in [9.17, 15) is 14.7 Å². The molecule has 0 bridgehead atoms. The molecule has 3 nitrogen and oxygen atoms in total. The van der Waals surface area contributed by atoms with E-state index in [4.69, 9.17) is 0 Å². The van der Waals surface area contributed by atoms with E-state index >= 15 is 0 Å². The normalized spacial score (nSPS) is 13.7. The van der Waals surface area contributed by atoms with Gasteiger partial charge < -0.3 is 5.11 Å². The van der Waals surface area contributed by atoms with Gasteiger partial charge in [-0.2, -0.15) is 0 Å². The molecule has 0 aromatic carbocycles. The molecule has 0 saturated heterocycles. The Bertz CT molecular complexity index is 337. The van der Waals surface area contributed by atoms with Gasteiger partial charge in [-0.1, -0.05) is 39.0 Å². The molecule has 0 saturated carbocycles. The zero-order valence-corrected chi connectivity index (χ0v) is 11.1. The van der Waals surface area contributed by atoms with Crippen molar-refractivity contribution in [2.24, 2.45) is 5.41 Å². The second-order valence-electron chi connectivity index (χ2n) is 4.97. The van der Waals surface area contributed by atoms with E-state index in [1.807, 2.05) is 0 Å². The van der Waals surface area contributed by atoms with E-state index < -0.39 is 11.5 Å².